The first-order valence-electron chi connectivity index (χ1n) is 13.2. The minimum atomic E-state index is -3.04. The Kier molecular flexibility index (Phi) is 11.0. The number of esters is 1. The number of carbonyl (C=O) groups excluding carboxylic acids is 2. The van der Waals surface area contributed by atoms with Crippen LogP contribution in [0.4, 0.5) is 13.6 Å². The number of benzene rings is 1. The third-order valence-electron chi connectivity index (χ3n) is 6.52. The van der Waals surface area contributed by atoms with Gasteiger partial charge < -0.3 is 24.4 Å². The third-order valence-corrected chi connectivity index (χ3v) is 7.20. The van der Waals surface area contributed by atoms with Gasteiger partial charge in [0.05, 0.1) is 6.61 Å². The van der Waals surface area contributed by atoms with Gasteiger partial charge in [-0.25, -0.2) is 14.6 Å². The van der Waals surface area contributed by atoms with E-state index in [0.717, 1.165) is 12.8 Å². The van der Waals surface area contributed by atoms with Gasteiger partial charge in [-0.3, -0.25) is 4.90 Å². The molecule has 2 aliphatic rings. The summed E-state index contributed by atoms with van der Waals surface area (Å²) in [6.45, 7) is 2.91. The fourth-order valence-corrected chi connectivity index (χ4v) is 4.91. The zero-order chi connectivity index (χ0) is 29.0. The number of carbonyl (C=O) groups is 2. The molecule has 1 saturated heterocycles. The van der Waals surface area contributed by atoms with Gasteiger partial charge in [-0.05, 0) is 70.1 Å². The Labute approximate surface area is 247 Å². The molecule has 13 heteroatoms. The number of hydrogen-bond acceptors (Lipinski definition) is 7. The summed E-state index contributed by atoms with van der Waals surface area (Å²) in [6, 6.07) is 3.56. The van der Waals surface area contributed by atoms with Gasteiger partial charge in [-0.2, -0.15) is 8.78 Å². The quantitative estimate of drug-likeness (QED) is 0.289. The number of nitrogens with zero attached hydrogens (tertiary/aromatic N) is 1. The van der Waals surface area contributed by atoms with Crippen LogP contribution in [0.3, 0.4) is 0 Å². The molecule has 1 saturated carbocycles. The summed E-state index contributed by atoms with van der Waals surface area (Å²) in [7, 11) is 0. The summed E-state index contributed by atoms with van der Waals surface area (Å²) < 4.78 is 48.1. The van der Waals surface area contributed by atoms with E-state index >= 15 is 0 Å². The fourth-order valence-electron chi connectivity index (χ4n) is 4.38. The SMILES string of the molecule is CC(C)(C)OC(=O)N1CCC[C@H]1C(=O)O[C@@H](Cc1c(Cl)c[nH+]cc1Cl)c1ccc(OC(F)F)c(OCC2CC2)c1.[OH-]. The van der Waals surface area contributed by atoms with E-state index < -0.39 is 36.4 Å². The summed E-state index contributed by atoms with van der Waals surface area (Å²) in [5, 5.41) is 0.653. The first-order valence-corrected chi connectivity index (χ1v) is 13.9. The number of pyridine rings is 1. The molecule has 226 valence electrons. The maximum Gasteiger partial charge on any atom is 0.411 e. The second-order valence-electron chi connectivity index (χ2n) is 10.9. The van der Waals surface area contributed by atoms with E-state index in [1.54, 1.807) is 33.2 Å². The van der Waals surface area contributed by atoms with Crippen molar-refractivity contribution < 1.29 is 47.8 Å². The van der Waals surface area contributed by atoms with Gasteiger partial charge in [0.2, 0.25) is 0 Å². The van der Waals surface area contributed by atoms with Gasteiger partial charge in [-0.15, -0.1) is 0 Å². The highest BCUT2D eigenvalue weighted by atomic mass is 35.5. The van der Waals surface area contributed by atoms with Crippen molar-refractivity contribution in [2.75, 3.05) is 13.2 Å². The van der Waals surface area contributed by atoms with Gasteiger partial charge in [0.15, 0.2) is 23.9 Å². The third kappa shape index (κ3) is 9.05. The number of H-pyrrole nitrogens is 1. The highest BCUT2D eigenvalue weighted by Crippen LogP contribution is 2.38. The van der Waals surface area contributed by atoms with Crippen LogP contribution < -0.4 is 14.5 Å². The fraction of sp³-hybridized carbons (Fsp3) is 0.536. The second-order valence-corrected chi connectivity index (χ2v) is 11.7. The zero-order valence-corrected chi connectivity index (χ0v) is 24.5. The van der Waals surface area contributed by atoms with E-state index in [-0.39, 0.29) is 23.4 Å². The van der Waals surface area contributed by atoms with Crippen LogP contribution in [0, 0.1) is 5.92 Å². The molecule has 1 aromatic carbocycles. The van der Waals surface area contributed by atoms with Gasteiger partial charge in [0, 0.05) is 18.5 Å². The molecule has 1 aromatic heterocycles. The molecule has 0 bridgehead atoms. The number of alkyl halides is 2. The minimum Gasteiger partial charge on any atom is -0.870 e. The van der Waals surface area contributed by atoms with E-state index in [1.165, 1.54) is 23.1 Å². The molecule has 2 heterocycles. The Hall–Kier alpha value is -2.89. The molecule has 1 amide bonds. The average Bonchev–Trinajstić information content (AvgIpc) is 3.56. The summed E-state index contributed by atoms with van der Waals surface area (Å²) in [5.41, 5.74) is 0.249. The molecule has 0 unspecified atom stereocenters. The lowest BCUT2D eigenvalue weighted by molar-refractivity contribution is -0.377. The molecular weight excluding hydrogens is 585 g/mol. The number of aromatic nitrogens is 1. The van der Waals surface area contributed by atoms with Gasteiger partial charge in [-0.1, -0.05) is 29.3 Å². The predicted octanol–water partition coefficient (Wildman–Crippen LogP) is 6.25. The Morgan fingerprint density at radius 2 is 1.78 bits per heavy atom. The molecule has 2 aromatic rings. The van der Waals surface area contributed by atoms with Crippen LogP contribution in [-0.4, -0.2) is 53.8 Å². The molecule has 4 rings (SSSR count). The minimum absolute atomic E-state index is 0. The van der Waals surface area contributed by atoms with E-state index in [9.17, 15) is 18.4 Å². The summed E-state index contributed by atoms with van der Waals surface area (Å²) in [4.78, 5) is 30.5. The van der Waals surface area contributed by atoms with Crippen LogP contribution in [-0.2, 0) is 20.7 Å². The molecule has 0 radical (unpaired) electrons. The largest absolute Gasteiger partial charge is 0.870 e. The van der Waals surface area contributed by atoms with E-state index in [0.29, 0.717) is 53.1 Å². The Morgan fingerprint density at radius 1 is 1.10 bits per heavy atom. The molecule has 2 atom stereocenters. The van der Waals surface area contributed by atoms with E-state index in [1.807, 2.05) is 0 Å². The first-order chi connectivity index (χ1) is 18.9. The van der Waals surface area contributed by atoms with Crippen molar-refractivity contribution in [3.05, 3.63) is 51.8 Å². The number of aromatic amines is 1. The van der Waals surface area contributed by atoms with Crippen molar-refractivity contribution >= 4 is 35.3 Å². The number of halogens is 4. The van der Waals surface area contributed by atoms with Crippen LogP contribution in [0.2, 0.25) is 10.0 Å². The monoisotopic (exact) mass is 618 g/mol. The van der Waals surface area contributed by atoms with Crippen LogP contribution in [0.25, 0.3) is 0 Å². The normalized spacial score (nSPS) is 17.6. The summed E-state index contributed by atoms with van der Waals surface area (Å²) in [5.74, 6) is -0.283. The Bertz CT molecular complexity index is 1200. The molecule has 2 fully saturated rings. The lowest BCUT2D eigenvalue weighted by Crippen LogP contribution is -2.44. The second kappa shape index (κ2) is 13.8. The van der Waals surface area contributed by atoms with Gasteiger partial charge in [0.1, 0.15) is 27.8 Å². The highest BCUT2D eigenvalue weighted by molar-refractivity contribution is 6.35. The Balaban J connectivity index is 0.00000462. The standard InChI is InChI=1S/C28H32Cl2F2N2O6.H2O/c1-28(2,3)40-27(36)34-10-4-5-21(34)25(35)38-23(12-18-19(29)13-33-14-20(18)30)17-8-9-22(39-26(31)32)24(11-17)37-15-16-6-7-16;/h8-9,11,13-14,16,21,23,26H,4-7,10,12,15H2,1-3H3;1H2/t21-,23-;/m0./s1. The predicted molar refractivity (Wildman–Crippen MR) is 145 cm³/mol. The molecule has 0 spiro atoms. The number of rotatable bonds is 10. The van der Waals surface area contributed by atoms with Crippen LogP contribution >= 0.6 is 23.2 Å². The number of amides is 1. The van der Waals surface area contributed by atoms with Crippen molar-refractivity contribution in [1.29, 1.82) is 0 Å². The summed E-state index contributed by atoms with van der Waals surface area (Å²) in [6.07, 6.45) is 4.66. The highest BCUT2D eigenvalue weighted by Gasteiger charge is 2.39. The number of ether oxygens (including phenoxy) is 4. The zero-order valence-electron chi connectivity index (χ0n) is 23.0. The van der Waals surface area contributed by atoms with Crippen molar-refractivity contribution in [3.8, 4) is 11.5 Å². The smallest absolute Gasteiger partial charge is 0.411 e. The molecule has 9 nitrogen and oxygen atoms in total. The topological polar surface area (TPSA) is 118 Å². The van der Waals surface area contributed by atoms with Crippen LogP contribution in [0.15, 0.2) is 30.6 Å². The Morgan fingerprint density at radius 3 is 2.39 bits per heavy atom. The lowest BCUT2D eigenvalue weighted by atomic mass is 10.0. The van der Waals surface area contributed by atoms with Crippen molar-refractivity contribution in [2.24, 2.45) is 5.92 Å². The number of nitrogens with one attached hydrogen (secondary N) is 1. The molecule has 2 N–H and O–H groups in total. The molecule has 1 aliphatic heterocycles. The lowest BCUT2D eigenvalue weighted by Gasteiger charge is -2.29. The van der Waals surface area contributed by atoms with Crippen LogP contribution in [0.1, 0.15) is 63.7 Å². The molecular formula is C28H34Cl2F2N2O7. The molecule has 41 heavy (non-hydrogen) atoms. The van der Waals surface area contributed by atoms with Crippen molar-refractivity contribution in [3.63, 3.8) is 0 Å². The van der Waals surface area contributed by atoms with Crippen molar-refractivity contribution in [1.82, 2.24) is 4.90 Å². The number of likely N-dealkylation sites (tertiary alicyclic amines) is 1. The maximum atomic E-state index is 13.5. The average molecular weight is 619 g/mol. The van der Waals surface area contributed by atoms with Gasteiger partial charge >= 0.3 is 18.7 Å². The van der Waals surface area contributed by atoms with E-state index in [4.69, 9.17) is 37.4 Å². The van der Waals surface area contributed by atoms with Gasteiger partial charge in [0.25, 0.3) is 0 Å². The van der Waals surface area contributed by atoms with Crippen LogP contribution in [0.5, 0.6) is 11.5 Å². The molecule has 1 aliphatic carbocycles. The first kappa shape index (κ1) is 32.6. The summed E-state index contributed by atoms with van der Waals surface area (Å²) >= 11 is 12.8. The van der Waals surface area contributed by atoms with Crippen molar-refractivity contribution in [2.45, 2.75) is 77.2 Å². The number of hydrogen-bond donors (Lipinski definition) is 0. The maximum absolute atomic E-state index is 13.5. The van der Waals surface area contributed by atoms with E-state index in [2.05, 4.69) is 9.72 Å².